The molecule has 0 aromatic heterocycles. The molecule has 0 fully saturated rings. The predicted molar refractivity (Wildman–Crippen MR) is 111 cm³/mol. The fourth-order valence-electron chi connectivity index (χ4n) is 2.04. The van der Waals surface area contributed by atoms with Gasteiger partial charge in [-0.05, 0) is 34.6 Å². The molecule has 0 aliphatic rings. The topological polar surface area (TPSA) is 111 Å². The molecule has 0 bridgehead atoms. The summed E-state index contributed by atoms with van der Waals surface area (Å²) in [7, 11) is 0. The van der Waals surface area contributed by atoms with Gasteiger partial charge in [0, 0.05) is 13.1 Å². The lowest BCUT2D eigenvalue weighted by atomic mass is 10.0. The number of halogens is 1. The molecule has 0 heterocycles. The number of nitrogens with two attached hydrogens (primary N) is 1. The van der Waals surface area contributed by atoms with E-state index >= 15 is 0 Å². The van der Waals surface area contributed by atoms with E-state index in [1.165, 1.54) is 0 Å². The Kier molecular flexibility index (Phi) is 16.1. The molecular formula is C20H41FN2O7. The van der Waals surface area contributed by atoms with Gasteiger partial charge in [0.1, 0.15) is 11.8 Å². The van der Waals surface area contributed by atoms with Crippen molar-refractivity contribution in [3.63, 3.8) is 0 Å². The molecule has 0 aromatic rings. The molecule has 10 heteroatoms. The minimum atomic E-state index is -1.21. The molecular weight excluding hydrogens is 399 g/mol. The van der Waals surface area contributed by atoms with E-state index in [1.807, 2.05) is 20.8 Å². The molecule has 1 unspecified atom stereocenters. The summed E-state index contributed by atoms with van der Waals surface area (Å²) >= 11 is 0. The number of hydrogen-bond acceptors (Lipinski definition) is 8. The van der Waals surface area contributed by atoms with Gasteiger partial charge < -0.3 is 39.5 Å². The van der Waals surface area contributed by atoms with Crippen molar-refractivity contribution in [3.8, 4) is 0 Å². The quantitative estimate of drug-likeness (QED) is 0.310. The van der Waals surface area contributed by atoms with E-state index in [-0.39, 0.29) is 6.54 Å². The zero-order chi connectivity index (χ0) is 22.9. The molecule has 0 aromatic carbocycles. The number of carbonyl (C=O) groups excluding carboxylic acids is 1. The van der Waals surface area contributed by atoms with Gasteiger partial charge in [-0.25, -0.2) is 9.18 Å². The highest BCUT2D eigenvalue weighted by Crippen LogP contribution is 2.16. The number of alkyl halides is 1. The third kappa shape index (κ3) is 17.8. The summed E-state index contributed by atoms with van der Waals surface area (Å²) in [6.45, 7) is 12.7. The number of amides is 1. The molecule has 1 amide bonds. The smallest absolute Gasteiger partial charge is 0.407 e. The summed E-state index contributed by atoms with van der Waals surface area (Å²) in [5, 5.41) is 2.61. The number of ether oxygens (including phenoxy) is 6. The first kappa shape index (κ1) is 29.0. The standard InChI is InChI=1S/C20H41FN2O7/c1-19(2,3)30-18(24)23-6-7-25-8-9-26-10-11-27-12-13-28-14-15-29-20(4,5)17(21)16-22/h17H,6-16,22H2,1-5H3,(H,23,24). The minimum absolute atomic E-state index is 0.0683. The fourth-order valence-corrected chi connectivity index (χ4v) is 2.04. The first-order valence-electron chi connectivity index (χ1n) is 10.3. The monoisotopic (exact) mass is 440 g/mol. The highest BCUT2D eigenvalue weighted by molar-refractivity contribution is 5.67. The van der Waals surface area contributed by atoms with Crippen LogP contribution in [0.25, 0.3) is 0 Å². The van der Waals surface area contributed by atoms with Crippen LogP contribution in [0.15, 0.2) is 0 Å². The average molecular weight is 441 g/mol. The number of hydrogen-bond donors (Lipinski definition) is 2. The molecule has 0 spiro atoms. The number of rotatable bonds is 18. The maximum atomic E-state index is 13.5. The Morgan fingerprint density at radius 1 is 0.833 bits per heavy atom. The van der Waals surface area contributed by atoms with Gasteiger partial charge in [-0.3, -0.25) is 0 Å². The van der Waals surface area contributed by atoms with E-state index in [0.717, 1.165) is 0 Å². The summed E-state index contributed by atoms with van der Waals surface area (Å²) in [6, 6.07) is 0. The van der Waals surface area contributed by atoms with E-state index in [4.69, 9.17) is 34.2 Å². The van der Waals surface area contributed by atoms with Crippen LogP contribution >= 0.6 is 0 Å². The van der Waals surface area contributed by atoms with E-state index in [9.17, 15) is 9.18 Å². The number of nitrogens with one attached hydrogen (secondary N) is 1. The van der Waals surface area contributed by atoms with Gasteiger partial charge in [-0.15, -0.1) is 0 Å². The van der Waals surface area contributed by atoms with Crippen LogP contribution in [-0.2, 0) is 28.4 Å². The molecule has 0 radical (unpaired) electrons. The van der Waals surface area contributed by atoms with Gasteiger partial charge in [0.25, 0.3) is 0 Å². The van der Waals surface area contributed by atoms with Crippen molar-refractivity contribution in [2.45, 2.75) is 52.0 Å². The Labute approximate surface area is 180 Å². The first-order valence-corrected chi connectivity index (χ1v) is 10.3. The Balaban J connectivity index is 3.30. The molecule has 30 heavy (non-hydrogen) atoms. The predicted octanol–water partition coefficient (Wildman–Crippen LogP) is 1.67. The third-order valence-corrected chi connectivity index (χ3v) is 3.69. The van der Waals surface area contributed by atoms with Gasteiger partial charge >= 0.3 is 6.09 Å². The van der Waals surface area contributed by atoms with Crippen LogP contribution in [0.2, 0.25) is 0 Å². The molecule has 1 atom stereocenters. The Bertz CT molecular complexity index is 434. The highest BCUT2D eigenvalue weighted by Gasteiger charge is 2.29. The van der Waals surface area contributed by atoms with Gasteiger partial charge in [0.05, 0.1) is 65.1 Å². The second-order valence-corrected chi connectivity index (χ2v) is 8.03. The van der Waals surface area contributed by atoms with Crippen LogP contribution in [0.3, 0.4) is 0 Å². The zero-order valence-electron chi connectivity index (χ0n) is 19.2. The molecule has 0 saturated heterocycles. The van der Waals surface area contributed by atoms with Crippen molar-refractivity contribution < 1.29 is 37.6 Å². The highest BCUT2D eigenvalue weighted by atomic mass is 19.1. The van der Waals surface area contributed by atoms with Gasteiger partial charge in [0.15, 0.2) is 0 Å². The molecule has 0 rings (SSSR count). The van der Waals surface area contributed by atoms with Gasteiger partial charge in [0.2, 0.25) is 0 Å². The molecule has 3 N–H and O–H groups in total. The number of carbonyl (C=O) groups is 1. The molecule has 9 nitrogen and oxygen atoms in total. The van der Waals surface area contributed by atoms with Gasteiger partial charge in [-0.2, -0.15) is 0 Å². The lowest BCUT2D eigenvalue weighted by molar-refractivity contribution is -0.0884. The molecule has 0 saturated carbocycles. The number of alkyl carbamates (subject to hydrolysis) is 1. The molecule has 0 aliphatic heterocycles. The van der Waals surface area contributed by atoms with E-state index < -0.39 is 23.5 Å². The Hall–Kier alpha value is -1.04. The van der Waals surface area contributed by atoms with Crippen LogP contribution in [0.4, 0.5) is 9.18 Å². The van der Waals surface area contributed by atoms with Crippen molar-refractivity contribution in [1.82, 2.24) is 5.32 Å². The van der Waals surface area contributed by atoms with Gasteiger partial charge in [-0.1, -0.05) is 0 Å². The Morgan fingerprint density at radius 2 is 1.27 bits per heavy atom. The van der Waals surface area contributed by atoms with Crippen LogP contribution in [0.1, 0.15) is 34.6 Å². The second kappa shape index (κ2) is 16.6. The molecule has 180 valence electrons. The largest absolute Gasteiger partial charge is 0.444 e. The van der Waals surface area contributed by atoms with Crippen molar-refractivity contribution >= 4 is 6.09 Å². The lowest BCUT2D eigenvalue weighted by Gasteiger charge is -2.28. The van der Waals surface area contributed by atoms with E-state index in [2.05, 4.69) is 5.32 Å². The lowest BCUT2D eigenvalue weighted by Crippen LogP contribution is -2.41. The first-order chi connectivity index (χ1) is 14.1. The van der Waals surface area contributed by atoms with Crippen molar-refractivity contribution in [1.29, 1.82) is 0 Å². The van der Waals surface area contributed by atoms with E-state index in [1.54, 1.807) is 13.8 Å². The van der Waals surface area contributed by atoms with Crippen molar-refractivity contribution in [2.75, 3.05) is 72.6 Å². The van der Waals surface area contributed by atoms with E-state index in [0.29, 0.717) is 66.0 Å². The maximum Gasteiger partial charge on any atom is 0.407 e. The Morgan fingerprint density at radius 3 is 1.70 bits per heavy atom. The normalized spacial score (nSPS) is 13.3. The zero-order valence-corrected chi connectivity index (χ0v) is 19.2. The average Bonchev–Trinajstić information content (AvgIpc) is 2.65. The van der Waals surface area contributed by atoms with Crippen molar-refractivity contribution in [3.05, 3.63) is 0 Å². The summed E-state index contributed by atoms with van der Waals surface area (Å²) in [5.41, 5.74) is 3.88. The van der Waals surface area contributed by atoms with Crippen LogP contribution < -0.4 is 11.1 Å². The minimum Gasteiger partial charge on any atom is -0.444 e. The summed E-state index contributed by atoms with van der Waals surface area (Å²) in [5.74, 6) is 0. The third-order valence-electron chi connectivity index (χ3n) is 3.69. The second-order valence-electron chi connectivity index (χ2n) is 8.03. The summed E-state index contributed by atoms with van der Waals surface area (Å²) in [4.78, 5) is 11.4. The maximum absolute atomic E-state index is 13.5. The SMILES string of the molecule is CC(C)(C)OC(=O)NCCOCCOCCOCCOCCOC(C)(C)C(F)CN. The fraction of sp³-hybridized carbons (Fsp3) is 0.950. The van der Waals surface area contributed by atoms with Crippen LogP contribution in [0, 0.1) is 0 Å². The summed E-state index contributed by atoms with van der Waals surface area (Å²) < 4.78 is 45.5. The summed E-state index contributed by atoms with van der Waals surface area (Å²) in [6.07, 6.45) is -1.67. The van der Waals surface area contributed by atoms with Crippen molar-refractivity contribution in [2.24, 2.45) is 5.73 Å². The molecule has 0 aliphatic carbocycles. The van der Waals surface area contributed by atoms with Crippen LogP contribution in [0.5, 0.6) is 0 Å². The van der Waals surface area contributed by atoms with Crippen LogP contribution in [-0.4, -0.2) is 96.0 Å².